The number of hydrogen-bond donors (Lipinski definition) is 3. The van der Waals surface area contributed by atoms with Crippen molar-refractivity contribution >= 4 is 40.1 Å². The summed E-state index contributed by atoms with van der Waals surface area (Å²) < 4.78 is 3.66. The lowest BCUT2D eigenvalue weighted by molar-refractivity contribution is -0.127. The Labute approximate surface area is 260 Å². The van der Waals surface area contributed by atoms with Crippen molar-refractivity contribution in [2.45, 2.75) is 65.3 Å². The number of nitrogens with zero attached hydrogens (tertiary/aromatic N) is 6. The Kier molecular flexibility index (Phi) is 9.29. The van der Waals surface area contributed by atoms with E-state index in [4.69, 9.17) is 4.98 Å². The highest BCUT2D eigenvalue weighted by molar-refractivity contribution is 7.16. The van der Waals surface area contributed by atoms with E-state index in [-0.39, 0.29) is 29.3 Å². The minimum absolute atomic E-state index is 0.0762. The van der Waals surface area contributed by atoms with Gasteiger partial charge >= 0.3 is 0 Å². The monoisotopic (exact) mass is 614 g/mol. The maximum Gasteiger partial charge on any atom is 0.268 e. The Balaban J connectivity index is 1.44. The third-order valence-corrected chi connectivity index (χ3v) is 8.43. The van der Waals surface area contributed by atoms with Crippen LogP contribution in [0.15, 0.2) is 60.4 Å². The van der Waals surface area contributed by atoms with Gasteiger partial charge in [0.1, 0.15) is 16.6 Å². The molecule has 0 aliphatic carbocycles. The molecule has 0 spiro atoms. The minimum atomic E-state index is -0.831. The summed E-state index contributed by atoms with van der Waals surface area (Å²) in [5.74, 6) is -0.0861. The number of likely N-dealkylation sites (tertiary alicyclic amines) is 1. The van der Waals surface area contributed by atoms with Gasteiger partial charge in [0.2, 0.25) is 5.95 Å². The molecule has 1 aromatic carbocycles. The van der Waals surface area contributed by atoms with Gasteiger partial charge in [-0.15, -0.1) is 11.3 Å². The van der Waals surface area contributed by atoms with E-state index in [0.717, 1.165) is 28.9 Å². The van der Waals surface area contributed by atoms with E-state index in [1.165, 1.54) is 11.3 Å². The predicted molar refractivity (Wildman–Crippen MR) is 170 cm³/mol. The summed E-state index contributed by atoms with van der Waals surface area (Å²) >= 11 is 1.32. The van der Waals surface area contributed by atoms with Gasteiger partial charge in [-0.2, -0.15) is 10.4 Å². The number of anilines is 1. The fourth-order valence-electron chi connectivity index (χ4n) is 5.36. The molecule has 0 bridgehead atoms. The molecular formula is C32H38N8O3S. The van der Waals surface area contributed by atoms with Crippen LogP contribution in [0.3, 0.4) is 0 Å². The van der Waals surface area contributed by atoms with Crippen LogP contribution in [-0.4, -0.2) is 65.9 Å². The number of nitriles is 1. The molecule has 1 aliphatic rings. The third-order valence-electron chi connectivity index (χ3n) is 7.35. The highest BCUT2D eigenvalue weighted by atomic mass is 32.1. The molecule has 2 amide bonds. The van der Waals surface area contributed by atoms with Crippen molar-refractivity contribution in [1.29, 1.82) is 5.26 Å². The van der Waals surface area contributed by atoms with Crippen molar-refractivity contribution in [2.75, 3.05) is 18.4 Å². The Morgan fingerprint density at radius 1 is 1.27 bits per heavy atom. The molecule has 0 saturated carbocycles. The minimum Gasteiger partial charge on any atom is -0.389 e. The lowest BCUT2D eigenvalue weighted by Crippen LogP contribution is -2.39. The molecule has 0 radical (unpaired) electrons. The van der Waals surface area contributed by atoms with Gasteiger partial charge in [-0.1, -0.05) is 26.0 Å². The SMILES string of the molecule is CC(C)C=C(C#N)C(=O)N1CCCC1Cn1c(NC(=O)c2ccc(-n3cccn3)s2)nc2cc(CNCC(C)(C)O)ccc21. The Hall–Kier alpha value is -4.31. The number of aromatic nitrogens is 4. The molecule has 12 heteroatoms. The fourth-order valence-corrected chi connectivity index (χ4v) is 6.20. The summed E-state index contributed by atoms with van der Waals surface area (Å²) in [7, 11) is 0. The fraction of sp³-hybridized carbons (Fsp3) is 0.406. The zero-order valence-electron chi connectivity index (χ0n) is 25.4. The second-order valence-corrected chi connectivity index (χ2v) is 13.1. The van der Waals surface area contributed by atoms with E-state index < -0.39 is 5.60 Å². The van der Waals surface area contributed by atoms with Gasteiger partial charge < -0.3 is 19.9 Å². The average molecular weight is 615 g/mol. The number of fused-ring (bicyclic) bond motifs is 1. The summed E-state index contributed by atoms with van der Waals surface area (Å²) in [6.45, 7) is 9.35. The van der Waals surface area contributed by atoms with Gasteiger partial charge in [0.25, 0.3) is 11.8 Å². The molecule has 1 aliphatic heterocycles. The summed E-state index contributed by atoms with van der Waals surface area (Å²) in [4.78, 5) is 34.0. The van der Waals surface area contributed by atoms with Gasteiger partial charge in [0.15, 0.2) is 0 Å². The summed E-state index contributed by atoms with van der Waals surface area (Å²) in [6, 6.07) is 13.3. The molecule has 1 fully saturated rings. The van der Waals surface area contributed by atoms with Crippen LogP contribution in [0.4, 0.5) is 5.95 Å². The molecular weight excluding hydrogens is 576 g/mol. The lowest BCUT2D eigenvalue weighted by atomic mass is 10.1. The number of amides is 2. The second kappa shape index (κ2) is 13.1. The molecule has 5 rings (SSSR count). The maximum absolute atomic E-state index is 13.4. The number of carbonyl (C=O) groups excluding carboxylic acids is 2. The lowest BCUT2D eigenvalue weighted by Gasteiger charge is -2.26. The Morgan fingerprint density at radius 3 is 2.80 bits per heavy atom. The number of aliphatic hydroxyl groups is 1. The Bertz CT molecular complexity index is 1700. The first-order valence-electron chi connectivity index (χ1n) is 14.8. The quantitative estimate of drug-likeness (QED) is 0.167. The van der Waals surface area contributed by atoms with Gasteiger partial charge in [-0.25, -0.2) is 9.67 Å². The van der Waals surface area contributed by atoms with E-state index in [0.29, 0.717) is 42.5 Å². The number of hydrogen-bond acceptors (Lipinski definition) is 8. The van der Waals surface area contributed by atoms with Crippen molar-refractivity contribution in [3.8, 4) is 11.1 Å². The second-order valence-electron chi connectivity index (χ2n) is 12.1. The molecule has 3 N–H and O–H groups in total. The van der Waals surface area contributed by atoms with Crippen LogP contribution in [0, 0.1) is 17.2 Å². The van der Waals surface area contributed by atoms with Gasteiger partial charge in [0.05, 0.1) is 27.6 Å². The van der Waals surface area contributed by atoms with Crippen molar-refractivity contribution in [3.05, 3.63) is 70.9 Å². The Morgan fingerprint density at radius 2 is 2.09 bits per heavy atom. The predicted octanol–water partition coefficient (Wildman–Crippen LogP) is 4.49. The number of benzene rings is 1. The molecule has 11 nitrogen and oxygen atoms in total. The molecule has 230 valence electrons. The van der Waals surface area contributed by atoms with Crippen LogP contribution in [0.2, 0.25) is 0 Å². The van der Waals surface area contributed by atoms with Gasteiger partial charge in [-0.3, -0.25) is 14.9 Å². The van der Waals surface area contributed by atoms with E-state index in [1.807, 2.05) is 54.9 Å². The maximum atomic E-state index is 13.4. The molecule has 1 atom stereocenters. The largest absolute Gasteiger partial charge is 0.389 e. The summed E-state index contributed by atoms with van der Waals surface area (Å²) in [5.41, 5.74) is 1.85. The van der Waals surface area contributed by atoms with Gasteiger partial charge in [0, 0.05) is 38.6 Å². The van der Waals surface area contributed by atoms with Crippen LogP contribution >= 0.6 is 11.3 Å². The number of allylic oxidation sites excluding steroid dienone is 1. The van der Waals surface area contributed by atoms with Gasteiger partial charge in [-0.05, 0) is 68.5 Å². The molecule has 44 heavy (non-hydrogen) atoms. The van der Waals surface area contributed by atoms with Crippen LogP contribution < -0.4 is 10.6 Å². The first-order valence-corrected chi connectivity index (χ1v) is 15.6. The smallest absolute Gasteiger partial charge is 0.268 e. The van der Waals surface area contributed by atoms with Crippen molar-refractivity contribution in [3.63, 3.8) is 0 Å². The van der Waals surface area contributed by atoms with E-state index >= 15 is 0 Å². The van der Waals surface area contributed by atoms with Crippen LogP contribution in [-0.2, 0) is 17.9 Å². The number of rotatable bonds is 11. The first kappa shape index (κ1) is 31.1. The molecule has 4 aromatic rings. The topological polar surface area (TPSA) is 141 Å². The van der Waals surface area contributed by atoms with Crippen molar-refractivity contribution in [2.24, 2.45) is 5.92 Å². The highest BCUT2D eigenvalue weighted by Crippen LogP contribution is 2.28. The number of carbonyl (C=O) groups is 2. The van der Waals surface area contributed by atoms with Crippen LogP contribution in [0.25, 0.3) is 16.0 Å². The zero-order chi connectivity index (χ0) is 31.4. The standard InChI is InChI=1S/C32H38N8O3S/c1-21(2)15-23(17-33)30(42)38-13-5-7-24(38)19-39-26-9-8-22(18-34-20-32(3,4)43)16-25(26)36-31(39)37-29(41)27-10-11-28(44-27)40-14-6-12-35-40/h6,8-12,14-16,21,24,34,43H,5,7,13,18-20H2,1-4H3,(H,36,37,41). The molecule has 1 saturated heterocycles. The number of nitrogens with one attached hydrogen (secondary N) is 2. The highest BCUT2D eigenvalue weighted by Gasteiger charge is 2.32. The number of imidazole rings is 1. The molecule has 3 aromatic heterocycles. The van der Waals surface area contributed by atoms with Crippen LogP contribution in [0.1, 0.15) is 55.8 Å². The van der Waals surface area contributed by atoms with E-state index in [9.17, 15) is 20.0 Å². The third kappa shape index (κ3) is 7.24. The average Bonchev–Trinajstić information content (AvgIpc) is 3.78. The summed E-state index contributed by atoms with van der Waals surface area (Å²) in [5, 5.41) is 31.1. The van der Waals surface area contributed by atoms with E-state index in [1.54, 1.807) is 41.8 Å². The zero-order valence-corrected chi connectivity index (χ0v) is 26.3. The van der Waals surface area contributed by atoms with E-state index in [2.05, 4.69) is 21.8 Å². The molecule has 4 heterocycles. The normalized spacial score (nSPS) is 15.7. The van der Waals surface area contributed by atoms with Crippen molar-refractivity contribution in [1.82, 2.24) is 29.5 Å². The summed E-state index contributed by atoms with van der Waals surface area (Å²) in [6.07, 6.45) is 6.82. The van der Waals surface area contributed by atoms with Crippen molar-refractivity contribution < 1.29 is 14.7 Å². The first-order chi connectivity index (χ1) is 21.0. The number of thiophene rings is 1. The van der Waals surface area contributed by atoms with Crippen LogP contribution in [0.5, 0.6) is 0 Å². The molecule has 1 unspecified atom stereocenters.